The van der Waals surface area contributed by atoms with Gasteiger partial charge < -0.3 is 5.32 Å². The van der Waals surface area contributed by atoms with Crippen LogP contribution in [-0.4, -0.2) is 10.9 Å². The molecule has 5 heteroatoms. The Morgan fingerprint density at radius 2 is 2.29 bits per heavy atom. The molecule has 0 unspecified atom stereocenters. The number of aromatic nitrogens is 1. The summed E-state index contributed by atoms with van der Waals surface area (Å²) in [7, 11) is 0. The van der Waals surface area contributed by atoms with Crippen molar-refractivity contribution in [3.63, 3.8) is 0 Å². The normalized spacial score (nSPS) is 10.2. The average Bonchev–Trinajstić information content (AvgIpc) is 2.77. The molecule has 2 aromatic heterocycles. The molecule has 0 radical (unpaired) electrons. The first kappa shape index (κ1) is 12.1. The van der Waals surface area contributed by atoms with Gasteiger partial charge in [-0.2, -0.15) is 0 Å². The third kappa shape index (κ3) is 3.05. The van der Waals surface area contributed by atoms with E-state index in [9.17, 15) is 4.79 Å². The Kier molecular flexibility index (Phi) is 3.76. The number of nitrogens with one attached hydrogen (secondary N) is 1. The van der Waals surface area contributed by atoms with Crippen LogP contribution in [0.5, 0.6) is 0 Å². The van der Waals surface area contributed by atoms with Crippen LogP contribution in [-0.2, 0) is 6.42 Å². The molecular weight excluding hydrogens is 256 g/mol. The smallest absolute Gasteiger partial charge is 0.265 e. The van der Waals surface area contributed by atoms with Crippen LogP contribution in [0.15, 0.2) is 30.5 Å². The van der Waals surface area contributed by atoms with E-state index in [1.54, 1.807) is 18.3 Å². The number of nitrogens with zero attached hydrogens (tertiary/aromatic N) is 1. The molecule has 17 heavy (non-hydrogen) atoms. The molecule has 88 valence electrons. The SMILES string of the molecule is CCc1ccc(C(=O)Nc2ccnc(Cl)c2)s1. The first-order chi connectivity index (χ1) is 8.19. The molecule has 0 aliphatic carbocycles. The van der Waals surface area contributed by atoms with Gasteiger partial charge >= 0.3 is 0 Å². The van der Waals surface area contributed by atoms with E-state index in [0.717, 1.165) is 6.42 Å². The minimum atomic E-state index is -0.114. The Morgan fingerprint density at radius 1 is 1.47 bits per heavy atom. The lowest BCUT2D eigenvalue weighted by molar-refractivity contribution is 0.103. The fourth-order valence-electron chi connectivity index (χ4n) is 1.36. The maximum atomic E-state index is 11.9. The number of carbonyl (C=O) groups is 1. The number of thiophene rings is 1. The molecule has 0 spiro atoms. The highest BCUT2D eigenvalue weighted by Crippen LogP contribution is 2.19. The van der Waals surface area contributed by atoms with Crippen LogP contribution in [0.2, 0.25) is 5.15 Å². The molecule has 0 bridgehead atoms. The van der Waals surface area contributed by atoms with Gasteiger partial charge in [0.05, 0.1) is 4.88 Å². The van der Waals surface area contributed by atoms with Gasteiger partial charge in [0, 0.05) is 16.8 Å². The number of aryl methyl sites for hydroxylation is 1. The summed E-state index contributed by atoms with van der Waals surface area (Å²) in [6, 6.07) is 7.13. The fourth-order valence-corrected chi connectivity index (χ4v) is 2.38. The second-order valence-corrected chi connectivity index (χ2v) is 5.00. The first-order valence-corrected chi connectivity index (χ1v) is 6.40. The molecule has 1 amide bonds. The zero-order valence-electron chi connectivity index (χ0n) is 9.24. The van der Waals surface area contributed by atoms with Crippen LogP contribution in [0.4, 0.5) is 5.69 Å². The van der Waals surface area contributed by atoms with Crippen molar-refractivity contribution < 1.29 is 4.79 Å². The maximum Gasteiger partial charge on any atom is 0.265 e. The molecule has 1 N–H and O–H groups in total. The number of pyridine rings is 1. The van der Waals surface area contributed by atoms with E-state index in [0.29, 0.717) is 15.7 Å². The Labute approximate surface area is 108 Å². The summed E-state index contributed by atoms with van der Waals surface area (Å²) < 4.78 is 0. The highest BCUT2D eigenvalue weighted by molar-refractivity contribution is 7.14. The molecule has 0 aliphatic heterocycles. The summed E-state index contributed by atoms with van der Waals surface area (Å²) in [5.74, 6) is -0.114. The Balaban J connectivity index is 2.11. The Morgan fingerprint density at radius 3 is 2.94 bits per heavy atom. The van der Waals surface area contributed by atoms with Crippen LogP contribution in [0.3, 0.4) is 0 Å². The summed E-state index contributed by atoms with van der Waals surface area (Å²) >= 11 is 7.24. The lowest BCUT2D eigenvalue weighted by Gasteiger charge is -2.02. The molecule has 2 rings (SSSR count). The minimum absolute atomic E-state index is 0.114. The molecule has 0 fully saturated rings. The van der Waals surface area contributed by atoms with Gasteiger partial charge in [-0.15, -0.1) is 11.3 Å². The highest BCUT2D eigenvalue weighted by Gasteiger charge is 2.09. The first-order valence-electron chi connectivity index (χ1n) is 5.20. The fraction of sp³-hybridized carbons (Fsp3) is 0.167. The lowest BCUT2D eigenvalue weighted by atomic mass is 10.3. The summed E-state index contributed by atoms with van der Waals surface area (Å²) in [4.78, 5) is 17.6. The van der Waals surface area contributed by atoms with Crippen molar-refractivity contribution in [3.8, 4) is 0 Å². The Bertz CT molecular complexity index is 539. The standard InChI is InChI=1S/C12H11ClN2OS/c1-2-9-3-4-10(17-9)12(16)15-8-5-6-14-11(13)7-8/h3-7H,2H2,1H3,(H,14,15,16). The number of halogens is 1. The van der Waals surface area contributed by atoms with Crippen molar-refractivity contribution in [2.45, 2.75) is 13.3 Å². The van der Waals surface area contributed by atoms with Crippen LogP contribution < -0.4 is 5.32 Å². The van der Waals surface area contributed by atoms with E-state index in [1.165, 1.54) is 16.2 Å². The zero-order chi connectivity index (χ0) is 12.3. The highest BCUT2D eigenvalue weighted by atomic mass is 35.5. The number of amides is 1. The zero-order valence-corrected chi connectivity index (χ0v) is 10.8. The quantitative estimate of drug-likeness (QED) is 0.863. The number of anilines is 1. The molecule has 0 atom stereocenters. The van der Waals surface area contributed by atoms with Crippen LogP contribution in [0.25, 0.3) is 0 Å². The van der Waals surface area contributed by atoms with Gasteiger partial charge in [-0.05, 0) is 30.7 Å². The molecular formula is C12H11ClN2OS. The third-order valence-corrected chi connectivity index (χ3v) is 3.65. The van der Waals surface area contributed by atoms with Crippen molar-refractivity contribution in [2.75, 3.05) is 5.32 Å². The third-order valence-electron chi connectivity index (χ3n) is 2.22. The van der Waals surface area contributed by atoms with E-state index < -0.39 is 0 Å². The van der Waals surface area contributed by atoms with Crippen LogP contribution >= 0.6 is 22.9 Å². The topological polar surface area (TPSA) is 42.0 Å². The van der Waals surface area contributed by atoms with E-state index >= 15 is 0 Å². The minimum Gasteiger partial charge on any atom is -0.321 e. The van der Waals surface area contributed by atoms with Gasteiger partial charge in [0.25, 0.3) is 5.91 Å². The number of rotatable bonds is 3. The summed E-state index contributed by atoms with van der Waals surface area (Å²) in [5.41, 5.74) is 0.654. The molecule has 2 heterocycles. The van der Waals surface area contributed by atoms with E-state index in [-0.39, 0.29) is 5.91 Å². The number of hydrogen-bond donors (Lipinski definition) is 1. The lowest BCUT2D eigenvalue weighted by Crippen LogP contribution is -2.09. The van der Waals surface area contributed by atoms with Gasteiger partial charge in [0.15, 0.2) is 0 Å². The monoisotopic (exact) mass is 266 g/mol. The van der Waals surface area contributed by atoms with Gasteiger partial charge in [0.2, 0.25) is 0 Å². The molecule has 0 saturated carbocycles. The van der Waals surface area contributed by atoms with Crippen LogP contribution in [0, 0.1) is 0 Å². The van der Waals surface area contributed by atoms with Gasteiger partial charge in [-0.1, -0.05) is 18.5 Å². The average molecular weight is 267 g/mol. The van der Waals surface area contributed by atoms with E-state index in [2.05, 4.69) is 17.2 Å². The molecule has 0 aromatic carbocycles. The van der Waals surface area contributed by atoms with Crippen molar-refractivity contribution >= 4 is 34.5 Å². The van der Waals surface area contributed by atoms with Crippen molar-refractivity contribution in [2.24, 2.45) is 0 Å². The second-order valence-electron chi connectivity index (χ2n) is 3.44. The summed E-state index contributed by atoms with van der Waals surface area (Å²) in [5, 5.41) is 3.15. The molecule has 0 saturated heterocycles. The predicted octanol–water partition coefficient (Wildman–Crippen LogP) is 3.61. The maximum absolute atomic E-state index is 11.9. The molecule has 3 nitrogen and oxygen atoms in total. The number of carbonyl (C=O) groups excluding carboxylic acids is 1. The van der Waals surface area contributed by atoms with Crippen molar-refractivity contribution in [1.29, 1.82) is 0 Å². The van der Waals surface area contributed by atoms with Crippen LogP contribution in [0.1, 0.15) is 21.5 Å². The predicted molar refractivity (Wildman–Crippen MR) is 70.9 cm³/mol. The largest absolute Gasteiger partial charge is 0.321 e. The summed E-state index contributed by atoms with van der Waals surface area (Å²) in [6.45, 7) is 2.07. The van der Waals surface area contributed by atoms with Gasteiger partial charge in [0.1, 0.15) is 5.15 Å². The molecule has 2 aromatic rings. The number of hydrogen-bond acceptors (Lipinski definition) is 3. The summed E-state index contributed by atoms with van der Waals surface area (Å²) in [6.07, 6.45) is 2.50. The van der Waals surface area contributed by atoms with Crippen molar-refractivity contribution in [3.05, 3.63) is 45.4 Å². The van der Waals surface area contributed by atoms with Crippen molar-refractivity contribution in [1.82, 2.24) is 4.98 Å². The van der Waals surface area contributed by atoms with Gasteiger partial charge in [-0.3, -0.25) is 4.79 Å². The van der Waals surface area contributed by atoms with E-state index in [1.807, 2.05) is 12.1 Å². The van der Waals surface area contributed by atoms with Gasteiger partial charge in [-0.25, -0.2) is 4.98 Å². The van der Waals surface area contributed by atoms with E-state index in [4.69, 9.17) is 11.6 Å². The second kappa shape index (κ2) is 5.29. The Hall–Kier alpha value is -1.39. The molecule has 0 aliphatic rings.